The summed E-state index contributed by atoms with van der Waals surface area (Å²) in [6.07, 6.45) is 8.94. The Labute approximate surface area is 153 Å². The zero-order chi connectivity index (χ0) is 18.1. The van der Waals surface area contributed by atoms with Crippen molar-refractivity contribution in [3.63, 3.8) is 0 Å². The fourth-order valence-corrected chi connectivity index (χ4v) is 3.36. The quantitative estimate of drug-likeness (QED) is 0.361. The van der Waals surface area contributed by atoms with E-state index in [9.17, 15) is 4.79 Å². The smallest absolute Gasteiger partial charge is 0.159 e. The van der Waals surface area contributed by atoms with Crippen molar-refractivity contribution in [1.82, 2.24) is 4.90 Å². The predicted molar refractivity (Wildman–Crippen MR) is 108 cm³/mol. The normalized spacial score (nSPS) is 15.2. The van der Waals surface area contributed by atoms with E-state index in [1.807, 2.05) is 12.1 Å². The summed E-state index contributed by atoms with van der Waals surface area (Å²) in [6.45, 7) is 11.7. The summed E-state index contributed by atoms with van der Waals surface area (Å²) >= 11 is 0. The van der Waals surface area contributed by atoms with Crippen LogP contribution in [0.15, 0.2) is 35.9 Å². The van der Waals surface area contributed by atoms with E-state index in [-0.39, 0.29) is 5.78 Å². The van der Waals surface area contributed by atoms with Crippen LogP contribution in [0.25, 0.3) is 0 Å². The van der Waals surface area contributed by atoms with Gasteiger partial charge in [0.25, 0.3) is 0 Å². The molecule has 1 aliphatic heterocycles. The lowest BCUT2D eigenvalue weighted by Gasteiger charge is -2.36. The molecule has 1 heterocycles. The predicted octanol–water partition coefficient (Wildman–Crippen LogP) is 4.93. The highest BCUT2D eigenvalue weighted by molar-refractivity contribution is 5.94. The van der Waals surface area contributed by atoms with Gasteiger partial charge >= 0.3 is 0 Å². The van der Waals surface area contributed by atoms with Gasteiger partial charge in [0.2, 0.25) is 0 Å². The van der Waals surface area contributed by atoms with Crippen molar-refractivity contribution in [2.75, 3.05) is 37.6 Å². The number of rotatable bonds is 9. The number of nitrogens with zero attached hydrogens (tertiary/aromatic N) is 2. The molecule has 0 N–H and O–H groups in total. The Morgan fingerprint density at radius 3 is 2.16 bits per heavy atom. The molecular weight excluding hydrogens is 308 g/mol. The topological polar surface area (TPSA) is 23.6 Å². The molecule has 138 valence electrons. The highest BCUT2D eigenvalue weighted by Crippen LogP contribution is 2.18. The van der Waals surface area contributed by atoms with Crippen LogP contribution in [0, 0.1) is 0 Å². The Bertz CT molecular complexity index is 550. The summed E-state index contributed by atoms with van der Waals surface area (Å²) in [6, 6.07) is 8.05. The van der Waals surface area contributed by atoms with E-state index in [1.165, 1.54) is 49.9 Å². The fourth-order valence-electron chi connectivity index (χ4n) is 3.36. The molecule has 1 saturated heterocycles. The summed E-state index contributed by atoms with van der Waals surface area (Å²) in [4.78, 5) is 16.4. The first-order valence-corrected chi connectivity index (χ1v) is 9.78. The van der Waals surface area contributed by atoms with Crippen LogP contribution in [0.1, 0.15) is 63.2 Å². The average Bonchev–Trinajstić information content (AvgIpc) is 2.61. The first kappa shape index (κ1) is 19.7. The summed E-state index contributed by atoms with van der Waals surface area (Å²) in [5, 5.41) is 0. The summed E-state index contributed by atoms with van der Waals surface area (Å²) in [5.41, 5.74) is 3.48. The van der Waals surface area contributed by atoms with Gasteiger partial charge < -0.3 is 4.90 Å². The Morgan fingerprint density at radius 1 is 0.920 bits per heavy atom. The van der Waals surface area contributed by atoms with Gasteiger partial charge in [0.05, 0.1) is 0 Å². The maximum atomic E-state index is 11.4. The van der Waals surface area contributed by atoms with E-state index < -0.39 is 0 Å². The first-order valence-electron chi connectivity index (χ1n) is 9.78. The first-order chi connectivity index (χ1) is 12.1. The van der Waals surface area contributed by atoms with E-state index in [0.717, 1.165) is 31.7 Å². The van der Waals surface area contributed by atoms with Crippen molar-refractivity contribution in [3.05, 3.63) is 41.5 Å². The van der Waals surface area contributed by atoms with Gasteiger partial charge in [-0.2, -0.15) is 0 Å². The highest BCUT2D eigenvalue weighted by atomic mass is 16.1. The Hall–Kier alpha value is -1.61. The zero-order valence-electron chi connectivity index (χ0n) is 16.3. The summed E-state index contributed by atoms with van der Waals surface area (Å²) in [7, 11) is 0. The maximum Gasteiger partial charge on any atom is 0.159 e. The third-order valence-corrected chi connectivity index (χ3v) is 4.99. The standard InChI is InChI=1S/C22H34N2O/c1-19(2)9-7-5-4-6-8-14-23-15-17-24(18-16-23)22-12-10-21(11-13-22)20(3)25/h9-13H,4-8,14-18H2,1-3H3. The lowest BCUT2D eigenvalue weighted by molar-refractivity contribution is 0.101. The molecule has 0 spiro atoms. The van der Waals surface area contributed by atoms with Crippen LogP contribution in [0.4, 0.5) is 5.69 Å². The SMILES string of the molecule is CC(=O)c1ccc(N2CCN(CCCCCCC=C(C)C)CC2)cc1. The number of carbonyl (C=O) groups is 1. The van der Waals surface area contributed by atoms with Crippen LogP contribution in [-0.2, 0) is 0 Å². The van der Waals surface area contributed by atoms with Gasteiger partial charge in [-0.05, 0) is 70.8 Å². The van der Waals surface area contributed by atoms with Gasteiger partial charge in [-0.15, -0.1) is 0 Å². The molecule has 2 rings (SSSR count). The Morgan fingerprint density at radius 2 is 1.56 bits per heavy atom. The minimum absolute atomic E-state index is 0.136. The van der Waals surface area contributed by atoms with Gasteiger partial charge in [0.15, 0.2) is 5.78 Å². The highest BCUT2D eigenvalue weighted by Gasteiger charge is 2.16. The number of carbonyl (C=O) groups excluding carboxylic acids is 1. The third kappa shape index (κ3) is 7.03. The van der Waals surface area contributed by atoms with Crippen LogP contribution in [-0.4, -0.2) is 43.4 Å². The summed E-state index contributed by atoms with van der Waals surface area (Å²) < 4.78 is 0. The van der Waals surface area contributed by atoms with Gasteiger partial charge in [0.1, 0.15) is 0 Å². The largest absolute Gasteiger partial charge is 0.369 e. The number of hydrogen-bond acceptors (Lipinski definition) is 3. The molecule has 3 heteroatoms. The van der Waals surface area contributed by atoms with Gasteiger partial charge in [-0.1, -0.05) is 24.5 Å². The molecular formula is C22H34N2O. The molecule has 1 aromatic rings. The minimum atomic E-state index is 0.136. The van der Waals surface area contributed by atoms with E-state index in [1.54, 1.807) is 6.92 Å². The number of Topliss-reactive ketones (excluding diaryl/α,β-unsaturated/α-hetero) is 1. The van der Waals surface area contributed by atoms with Crippen molar-refractivity contribution in [2.45, 2.75) is 52.9 Å². The van der Waals surface area contributed by atoms with E-state index >= 15 is 0 Å². The molecule has 0 atom stereocenters. The Kier molecular flexibility index (Phi) is 8.20. The number of benzene rings is 1. The number of ketones is 1. The number of hydrogen-bond donors (Lipinski definition) is 0. The molecule has 0 aromatic heterocycles. The van der Waals surface area contributed by atoms with Gasteiger partial charge in [0, 0.05) is 37.4 Å². The van der Waals surface area contributed by atoms with Gasteiger partial charge in [-0.25, -0.2) is 0 Å². The van der Waals surface area contributed by atoms with Crippen molar-refractivity contribution < 1.29 is 4.79 Å². The minimum Gasteiger partial charge on any atom is -0.369 e. The monoisotopic (exact) mass is 342 g/mol. The second-order valence-electron chi connectivity index (χ2n) is 7.42. The van der Waals surface area contributed by atoms with Crippen molar-refractivity contribution in [1.29, 1.82) is 0 Å². The number of piperazine rings is 1. The average molecular weight is 343 g/mol. The lowest BCUT2D eigenvalue weighted by atomic mass is 10.1. The molecule has 0 saturated carbocycles. The van der Waals surface area contributed by atoms with Crippen molar-refractivity contribution in [2.24, 2.45) is 0 Å². The molecule has 0 amide bonds. The van der Waals surface area contributed by atoms with E-state index in [4.69, 9.17) is 0 Å². The van der Waals surface area contributed by atoms with E-state index in [0.29, 0.717) is 0 Å². The molecule has 1 fully saturated rings. The molecule has 1 aliphatic rings. The molecule has 3 nitrogen and oxygen atoms in total. The zero-order valence-corrected chi connectivity index (χ0v) is 16.3. The number of anilines is 1. The Balaban J connectivity index is 1.61. The second-order valence-corrected chi connectivity index (χ2v) is 7.42. The molecule has 25 heavy (non-hydrogen) atoms. The molecule has 1 aromatic carbocycles. The van der Waals surface area contributed by atoms with E-state index in [2.05, 4.69) is 41.9 Å². The lowest BCUT2D eigenvalue weighted by Crippen LogP contribution is -2.46. The molecule has 0 radical (unpaired) electrons. The van der Waals surface area contributed by atoms with Crippen LogP contribution in [0.5, 0.6) is 0 Å². The molecule has 0 bridgehead atoms. The fraction of sp³-hybridized carbons (Fsp3) is 0.591. The number of allylic oxidation sites excluding steroid dienone is 2. The third-order valence-electron chi connectivity index (χ3n) is 4.99. The van der Waals surface area contributed by atoms with Crippen LogP contribution < -0.4 is 4.90 Å². The van der Waals surface area contributed by atoms with Gasteiger partial charge in [-0.3, -0.25) is 9.69 Å². The molecule has 0 aliphatic carbocycles. The van der Waals surface area contributed by atoms with Crippen LogP contribution in [0.2, 0.25) is 0 Å². The maximum absolute atomic E-state index is 11.4. The van der Waals surface area contributed by atoms with Crippen LogP contribution >= 0.6 is 0 Å². The van der Waals surface area contributed by atoms with Crippen molar-refractivity contribution >= 4 is 11.5 Å². The van der Waals surface area contributed by atoms with Crippen LogP contribution in [0.3, 0.4) is 0 Å². The summed E-state index contributed by atoms with van der Waals surface area (Å²) in [5.74, 6) is 0.136. The number of unbranched alkanes of at least 4 members (excludes halogenated alkanes) is 4. The second kappa shape index (κ2) is 10.4. The van der Waals surface area contributed by atoms with Crippen molar-refractivity contribution in [3.8, 4) is 0 Å². The molecule has 0 unspecified atom stereocenters.